The largest absolute Gasteiger partial charge is 0.341 e. The maximum absolute atomic E-state index is 11.0. The first kappa shape index (κ1) is 10.5. The van der Waals surface area contributed by atoms with Crippen molar-refractivity contribution in [2.24, 2.45) is 0 Å². The number of rotatable bonds is 2. The number of amides is 2. The molecule has 1 rings (SSSR count). The molecule has 1 atom stereocenters. The van der Waals surface area contributed by atoms with Gasteiger partial charge in [-0.3, -0.25) is 0 Å². The molecule has 2 N–H and O–H groups in total. The molecule has 0 aliphatic heterocycles. The Morgan fingerprint density at radius 2 is 2.31 bits per heavy atom. The highest BCUT2D eigenvalue weighted by Gasteiger charge is 2.09. The predicted molar refractivity (Wildman–Crippen MR) is 58.0 cm³/mol. The fourth-order valence-corrected chi connectivity index (χ4v) is 2.33. The van der Waals surface area contributed by atoms with Gasteiger partial charge in [-0.15, -0.1) is 11.3 Å². The second-order valence-corrected chi connectivity index (χ2v) is 5.08. The standard InChI is InChI=1S/C8H11BrN2OS/c1-5(11-8(12)10-2)6-3-4-7(9)13-6/h3-5H,1-2H3,(H2,10,11,12)/t5-/m1/s1. The molecular weight excluding hydrogens is 252 g/mol. The lowest BCUT2D eigenvalue weighted by atomic mass is 10.3. The molecule has 0 aliphatic rings. The summed E-state index contributed by atoms with van der Waals surface area (Å²) in [4.78, 5) is 12.1. The fourth-order valence-electron chi connectivity index (χ4n) is 0.901. The normalized spacial score (nSPS) is 12.2. The molecule has 1 aromatic heterocycles. The molecule has 1 heterocycles. The molecule has 0 aromatic carbocycles. The van der Waals surface area contributed by atoms with Crippen LogP contribution in [0.15, 0.2) is 15.9 Å². The first-order valence-corrected chi connectivity index (χ1v) is 5.48. The van der Waals surface area contributed by atoms with Gasteiger partial charge in [-0.05, 0) is 35.0 Å². The van der Waals surface area contributed by atoms with Crippen LogP contribution in [0.25, 0.3) is 0 Å². The van der Waals surface area contributed by atoms with E-state index in [1.807, 2.05) is 19.1 Å². The Morgan fingerprint density at radius 3 is 2.77 bits per heavy atom. The molecule has 0 aliphatic carbocycles. The molecule has 72 valence electrons. The van der Waals surface area contributed by atoms with Crippen molar-refractivity contribution in [1.29, 1.82) is 0 Å². The zero-order valence-corrected chi connectivity index (χ0v) is 9.83. The van der Waals surface area contributed by atoms with Crippen molar-refractivity contribution in [1.82, 2.24) is 10.6 Å². The number of carbonyl (C=O) groups excluding carboxylic acids is 1. The molecule has 5 heteroatoms. The van der Waals surface area contributed by atoms with E-state index in [4.69, 9.17) is 0 Å². The molecule has 0 radical (unpaired) electrons. The van der Waals surface area contributed by atoms with Gasteiger partial charge in [0.15, 0.2) is 0 Å². The highest BCUT2D eigenvalue weighted by atomic mass is 79.9. The van der Waals surface area contributed by atoms with Crippen LogP contribution in [0.2, 0.25) is 0 Å². The third-order valence-corrected chi connectivity index (χ3v) is 3.40. The van der Waals surface area contributed by atoms with Crippen LogP contribution >= 0.6 is 27.3 Å². The van der Waals surface area contributed by atoms with E-state index < -0.39 is 0 Å². The Labute approximate surface area is 89.7 Å². The smallest absolute Gasteiger partial charge is 0.315 e. The molecule has 2 amide bonds. The maximum atomic E-state index is 11.0. The minimum absolute atomic E-state index is 0.0521. The summed E-state index contributed by atoms with van der Waals surface area (Å²) in [6.45, 7) is 1.95. The second kappa shape index (κ2) is 4.62. The van der Waals surface area contributed by atoms with Gasteiger partial charge < -0.3 is 10.6 Å². The van der Waals surface area contributed by atoms with Gasteiger partial charge in [0, 0.05) is 11.9 Å². The van der Waals surface area contributed by atoms with Crippen molar-refractivity contribution >= 4 is 33.3 Å². The summed E-state index contributed by atoms with van der Waals surface area (Å²) in [7, 11) is 1.60. The van der Waals surface area contributed by atoms with E-state index in [9.17, 15) is 4.79 Å². The van der Waals surface area contributed by atoms with Crippen LogP contribution in [0.1, 0.15) is 17.8 Å². The van der Waals surface area contributed by atoms with Crippen LogP contribution in [0, 0.1) is 0 Å². The minimum atomic E-state index is -0.156. The zero-order chi connectivity index (χ0) is 9.84. The molecule has 0 saturated heterocycles. The van der Waals surface area contributed by atoms with Crippen LogP contribution < -0.4 is 10.6 Å². The minimum Gasteiger partial charge on any atom is -0.341 e. The first-order chi connectivity index (χ1) is 6.13. The number of carbonyl (C=O) groups is 1. The van der Waals surface area contributed by atoms with Crippen molar-refractivity contribution in [2.75, 3.05) is 7.05 Å². The third kappa shape index (κ3) is 3.00. The highest BCUT2D eigenvalue weighted by molar-refractivity contribution is 9.11. The molecule has 3 nitrogen and oxygen atoms in total. The van der Waals surface area contributed by atoms with E-state index in [0.717, 1.165) is 8.66 Å². The number of thiophene rings is 1. The first-order valence-electron chi connectivity index (χ1n) is 3.87. The fraction of sp³-hybridized carbons (Fsp3) is 0.375. The Bertz CT molecular complexity index is 300. The van der Waals surface area contributed by atoms with Crippen molar-refractivity contribution in [3.8, 4) is 0 Å². The van der Waals surface area contributed by atoms with Gasteiger partial charge in [0.1, 0.15) is 0 Å². The lowest BCUT2D eigenvalue weighted by molar-refractivity contribution is 0.240. The monoisotopic (exact) mass is 262 g/mol. The van der Waals surface area contributed by atoms with Gasteiger partial charge in [0.25, 0.3) is 0 Å². The van der Waals surface area contributed by atoms with E-state index in [1.54, 1.807) is 18.4 Å². The SMILES string of the molecule is CNC(=O)N[C@H](C)c1ccc(Br)s1. The van der Waals surface area contributed by atoms with E-state index in [2.05, 4.69) is 26.6 Å². The second-order valence-electron chi connectivity index (χ2n) is 2.59. The Hall–Kier alpha value is -0.550. The van der Waals surface area contributed by atoms with Crippen LogP contribution in [-0.4, -0.2) is 13.1 Å². The van der Waals surface area contributed by atoms with Crippen molar-refractivity contribution in [2.45, 2.75) is 13.0 Å². The van der Waals surface area contributed by atoms with Gasteiger partial charge in [-0.1, -0.05) is 0 Å². The molecule has 0 unspecified atom stereocenters. The molecule has 1 aromatic rings. The van der Waals surface area contributed by atoms with E-state index >= 15 is 0 Å². The lowest BCUT2D eigenvalue weighted by Crippen LogP contribution is -2.34. The van der Waals surface area contributed by atoms with Crippen LogP contribution in [0.4, 0.5) is 4.79 Å². The summed E-state index contributed by atoms with van der Waals surface area (Å²) >= 11 is 5.00. The summed E-state index contributed by atoms with van der Waals surface area (Å²) in [6, 6.07) is 3.87. The lowest BCUT2D eigenvalue weighted by Gasteiger charge is -2.10. The number of halogens is 1. The Morgan fingerprint density at radius 1 is 1.62 bits per heavy atom. The Kier molecular flexibility index (Phi) is 3.74. The summed E-state index contributed by atoms with van der Waals surface area (Å²) in [6.07, 6.45) is 0. The van der Waals surface area contributed by atoms with Gasteiger partial charge in [-0.25, -0.2) is 4.79 Å². The van der Waals surface area contributed by atoms with E-state index in [1.165, 1.54) is 0 Å². The van der Waals surface area contributed by atoms with Gasteiger partial charge >= 0.3 is 6.03 Å². The van der Waals surface area contributed by atoms with Crippen molar-refractivity contribution in [3.05, 3.63) is 20.8 Å². The number of nitrogens with one attached hydrogen (secondary N) is 2. The zero-order valence-electron chi connectivity index (χ0n) is 7.43. The van der Waals surface area contributed by atoms with Crippen molar-refractivity contribution < 1.29 is 4.79 Å². The molecule has 0 fully saturated rings. The summed E-state index contributed by atoms with van der Waals surface area (Å²) in [5.41, 5.74) is 0. The molecule has 0 saturated carbocycles. The number of hydrogen-bond acceptors (Lipinski definition) is 2. The molecular formula is C8H11BrN2OS. The summed E-state index contributed by atoms with van der Waals surface area (Å²) in [5, 5.41) is 5.31. The van der Waals surface area contributed by atoms with Crippen molar-refractivity contribution in [3.63, 3.8) is 0 Å². The molecule has 0 spiro atoms. The maximum Gasteiger partial charge on any atom is 0.315 e. The Balaban J connectivity index is 2.58. The van der Waals surface area contributed by atoms with Crippen LogP contribution in [-0.2, 0) is 0 Å². The van der Waals surface area contributed by atoms with E-state index in [0.29, 0.717) is 0 Å². The van der Waals surface area contributed by atoms with Crippen LogP contribution in [0.3, 0.4) is 0 Å². The van der Waals surface area contributed by atoms with Gasteiger partial charge in [-0.2, -0.15) is 0 Å². The number of urea groups is 1. The third-order valence-electron chi connectivity index (χ3n) is 1.60. The summed E-state index contributed by atoms with van der Waals surface area (Å²) < 4.78 is 1.08. The van der Waals surface area contributed by atoms with Crippen LogP contribution in [0.5, 0.6) is 0 Å². The quantitative estimate of drug-likeness (QED) is 0.845. The van der Waals surface area contributed by atoms with Gasteiger partial charge in [0.2, 0.25) is 0 Å². The van der Waals surface area contributed by atoms with Gasteiger partial charge in [0.05, 0.1) is 9.83 Å². The molecule has 0 bridgehead atoms. The average molecular weight is 263 g/mol. The highest BCUT2D eigenvalue weighted by Crippen LogP contribution is 2.26. The number of hydrogen-bond donors (Lipinski definition) is 2. The molecule has 13 heavy (non-hydrogen) atoms. The topological polar surface area (TPSA) is 41.1 Å². The summed E-state index contributed by atoms with van der Waals surface area (Å²) in [5.74, 6) is 0. The van der Waals surface area contributed by atoms with E-state index in [-0.39, 0.29) is 12.1 Å². The average Bonchev–Trinajstić information content (AvgIpc) is 2.51. The predicted octanol–water partition coefficient (Wildman–Crippen LogP) is 2.50.